The number of aromatic nitrogens is 4. The Morgan fingerprint density at radius 3 is 1.39 bits per heavy atom. The number of anilines is 2. The van der Waals surface area contributed by atoms with Gasteiger partial charge in [-0.05, 0) is 61.1 Å². The number of nitrogens with zero attached hydrogens (tertiary/aromatic N) is 6. The average molecular weight is 621 g/mol. The lowest BCUT2D eigenvalue weighted by atomic mass is 10.1. The largest absolute Gasteiger partial charge is 0.330 e. The monoisotopic (exact) mass is 620 g/mol. The number of aryl methyl sites for hydroxylation is 2. The number of rotatable bonds is 8. The van der Waals surface area contributed by atoms with Gasteiger partial charge in [-0.2, -0.15) is 0 Å². The minimum absolute atomic E-state index is 0.212. The Morgan fingerprint density at radius 1 is 0.652 bits per heavy atom. The Hall–Kier alpha value is -5.52. The first-order valence-corrected chi connectivity index (χ1v) is 15.3. The Bertz CT molecular complexity index is 1640. The molecule has 2 aliphatic heterocycles. The molecule has 0 radical (unpaired) electrons. The number of hydrogen-bond donors (Lipinski definition) is 2. The predicted molar refractivity (Wildman–Crippen MR) is 174 cm³/mol. The molecular formula is C34H36N8O4. The molecular weight excluding hydrogens is 584 g/mol. The normalized spacial score (nSPS) is 17.9. The first kappa shape index (κ1) is 30.5. The van der Waals surface area contributed by atoms with E-state index in [9.17, 15) is 19.2 Å². The maximum absolute atomic E-state index is 13.1. The first-order chi connectivity index (χ1) is 22.3. The van der Waals surface area contributed by atoms with Gasteiger partial charge < -0.3 is 29.6 Å². The average Bonchev–Trinajstić information content (AvgIpc) is 3.88. The van der Waals surface area contributed by atoms with Gasteiger partial charge in [0.2, 0.25) is 11.8 Å². The highest BCUT2D eigenvalue weighted by atomic mass is 16.2. The molecule has 0 bridgehead atoms. The predicted octanol–water partition coefficient (Wildman–Crippen LogP) is 3.81. The van der Waals surface area contributed by atoms with Crippen LogP contribution in [0.15, 0.2) is 73.3 Å². The summed E-state index contributed by atoms with van der Waals surface area (Å²) in [5.41, 5.74) is 3.20. The van der Waals surface area contributed by atoms with Crippen LogP contribution >= 0.6 is 0 Å². The summed E-state index contributed by atoms with van der Waals surface area (Å²) in [7, 11) is 3.52. The third-order valence-corrected chi connectivity index (χ3v) is 8.48. The number of hydrogen-bond acceptors (Lipinski definition) is 6. The van der Waals surface area contributed by atoms with Crippen LogP contribution in [0.4, 0.5) is 11.4 Å². The van der Waals surface area contributed by atoms with Crippen molar-refractivity contribution in [1.82, 2.24) is 28.9 Å². The lowest BCUT2D eigenvalue weighted by Gasteiger charge is -2.23. The summed E-state index contributed by atoms with van der Waals surface area (Å²) in [4.78, 5) is 63.5. The van der Waals surface area contributed by atoms with Crippen molar-refractivity contribution in [2.75, 3.05) is 23.7 Å². The van der Waals surface area contributed by atoms with Crippen molar-refractivity contribution in [2.45, 2.75) is 37.8 Å². The molecule has 6 rings (SSSR count). The van der Waals surface area contributed by atoms with Gasteiger partial charge in [0, 0.05) is 63.3 Å². The smallest absolute Gasteiger partial charge is 0.290 e. The summed E-state index contributed by atoms with van der Waals surface area (Å²) in [5, 5.41) is 5.89. The van der Waals surface area contributed by atoms with Gasteiger partial charge in [0.1, 0.15) is 12.1 Å². The molecule has 2 aromatic carbocycles. The molecule has 4 amide bonds. The number of imidazole rings is 2. The van der Waals surface area contributed by atoms with Gasteiger partial charge in [-0.15, -0.1) is 0 Å². The number of benzene rings is 2. The molecule has 0 saturated carbocycles. The topological polar surface area (TPSA) is 134 Å². The SMILES string of the molecule is Cn1ccnc1C(=O)N1CCC[C@H]1C(=O)Nc1ccc(/C=C/c2ccc(NC(=O)[C@@H]3CCCN3C(=O)c3nccn3C)cc2)cc1. The molecule has 2 aromatic heterocycles. The molecule has 2 saturated heterocycles. The maximum atomic E-state index is 13.1. The summed E-state index contributed by atoms with van der Waals surface area (Å²) >= 11 is 0. The molecule has 2 atom stereocenters. The summed E-state index contributed by atoms with van der Waals surface area (Å²) in [5.74, 6) is -0.266. The summed E-state index contributed by atoms with van der Waals surface area (Å²) in [6, 6.07) is 13.9. The van der Waals surface area contributed by atoms with E-state index in [0.29, 0.717) is 49.0 Å². The van der Waals surface area contributed by atoms with Crippen LogP contribution in [0.25, 0.3) is 12.2 Å². The highest BCUT2D eigenvalue weighted by Gasteiger charge is 2.37. The molecule has 236 valence electrons. The number of likely N-dealkylation sites (tertiary alicyclic amines) is 2. The van der Waals surface area contributed by atoms with E-state index in [1.165, 1.54) is 0 Å². The lowest BCUT2D eigenvalue weighted by molar-refractivity contribution is -0.120. The van der Waals surface area contributed by atoms with Crippen LogP contribution in [0.3, 0.4) is 0 Å². The van der Waals surface area contributed by atoms with Crippen LogP contribution in [0, 0.1) is 0 Å². The Morgan fingerprint density at radius 2 is 1.04 bits per heavy atom. The molecule has 12 nitrogen and oxygen atoms in total. The van der Waals surface area contributed by atoms with Crippen molar-refractivity contribution in [2.24, 2.45) is 14.1 Å². The van der Waals surface area contributed by atoms with Crippen molar-refractivity contribution >= 4 is 47.2 Å². The highest BCUT2D eigenvalue weighted by molar-refractivity contribution is 6.01. The zero-order valence-electron chi connectivity index (χ0n) is 25.8. The van der Waals surface area contributed by atoms with Crippen LogP contribution in [0.1, 0.15) is 58.0 Å². The molecule has 4 aromatic rings. The van der Waals surface area contributed by atoms with Gasteiger partial charge in [0.05, 0.1) is 0 Å². The van der Waals surface area contributed by atoms with E-state index in [4.69, 9.17) is 0 Å². The standard InChI is InChI=1S/C34H36N8O4/c1-39-21-17-35-29(39)33(45)41-19-3-5-27(41)31(43)37-25-13-9-23(10-14-25)7-8-24-11-15-26(16-12-24)38-32(44)28-6-4-20-42(28)34(46)30-36-18-22-40(30)2/h7-18,21-22,27-28H,3-6,19-20H2,1-2H3,(H,37,43)(H,38,44)/b8-7+/t27-,28-/m0/s1. The van der Waals surface area contributed by atoms with Crippen molar-refractivity contribution in [3.05, 3.63) is 96.1 Å². The van der Waals surface area contributed by atoms with Gasteiger partial charge in [-0.25, -0.2) is 9.97 Å². The Labute approximate surface area is 266 Å². The molecule has 4 heterocycles. The maximum Gasteiger partial charge on any atom is 0.290 e. The van der Waals surface area contributed by atoms with E-state index in [0.717, 1.165) is 24.0 Å². The molecule has 12 heteroatoms. The third kappa shape index (κ3) is 6.46. The summed E-state index contributed by atoms with van der Waals surface area (Å²) in [6.07, 6.45) is 13.2. The molecule has 2 N–H and O–H groups in total. The quantitative estimate of drug-likeness (QED) is 0.288. The van der Waals surface area contributed by atoms with Gasteiger partial charge in [0.25, 0.3) is 11.8 Å². The van der Waals surface area contributed by atoms with Gasteiger partial charge in [-0.3, -0.25) is 19.2 Å². The fourth-order valence-electron chi connectivity index (χ4n) is 5.96. The van der Waals surface area contributed by atoms with Crippen LogP contribution in [0.5, 0.6) is 0 Å². The van der Waals surface area contributed by atoms with E-state index in [-0.39, 0.29) is 23.6 Å². The van der Waals surface area contributed by atoms with E-state index < -0.39 is 12.1 Å². The number of carbonyl (C=O) groups is 4. The van der Waals surface area contributed by atoms with E-state index in [2.05, 4.69) is 20.6 Å². The number of amides is 4. The zero-order chi connectivity index (χ0) is 32.2. The minimum Gasteiger partial charge on any atom is -0.330 e. The van der Waals surface area contributed by atoms with Gasteiger partial charge in [-0.1, -0.05) is 36.4 Å². The highest BCUT2D eigenvalue weighted by Crippen LogP contribution is 2.24. The van der Waals surface area contributed by atoms with Crippen molar-refractivity contribution in [3.8, 4) is 0 Å². The van der Waals surface area contributed by atoms with Crippen LogP contribution < -0.4 is 10.6 Å². The second kappa shape index (κ2) is 13.2. The summed E-state index contributed by atoms with van der Waals surface area (Å²) in [6.45, 7) is 1.04. The summed E-state index contributed by atoms with van der Waals surface area (Å²) < 4.78 is 3.32. The van der Waals surface area contributed by atoms with E-state index >= 15 is 0 Å². The minimum atomic E-state index is -0.539. The second-order valence-electron chi connectivity index (χ2n) is 11.6. The number of nitrogens with one attached hydrogen (secondary N) is 2. The van der Waals surface area contributed by atoms with Crippen molar-refractivity contribution < 1.29 is 19.2 Å². The fourth-order valence-corrected chi connectivity index (χ4v) is 5.96. The molecule has 0 unspecified atom stereocenters. The van der Waals surface area contributed by atoms with Crippen molar-refractivity contribution in [1.29, 1.82) is 0 Å². The van der Waals surface area contributed by atoms with Crippen LogP contribution in [0.2, 0.25) is 0 Å². The van der Waals surface area contributed by atoms with Gasteiger partial charge >= 0.3 is 0 Å². The zero-order valence-corrected chi connectivity index (χ0v) is 25.8. The molecule has 0 spiro atoms. The van der Waals surface area contributed by atoms with Crippen LogP contribution in [-0.4, -0.2) is 77.7 Å². The molecule has 2 fully saturated rings. The van der Waals surface area contributed by atoms with Crippen molar-refractivity contribution in [3.63, 3.8) is 0 Å². The molecule has 0 aliphatic carbocycles. The van der Waals surface area contributed by atoms with Gasteiger partial charge in [0.15, 0.2) is 11.6 Å². The number of carbonyl (C=O) groups excluding carboxylic acids is 4. The van der Waals surface area contributed by atoms with E-state index in [1.54, 1.807) is 57.8 Å². The fraction of sp³-hybridized carbons (Fsp3) is 0.294. The second-order valence-corrected chi connectivity index (χ2v) is 11.6. The lowest BCUT2D eigenvalue weighted by Crippen LogP contribution is -2.43. The Balaban J connectivity index is 1.01. The third-order valence-electron chi connectivity index (χ3n) is 8.48. The van der Waals surface area contributed by atoms with E-state index in [1.807, 2.05) is 60.7 Å². The molecule has 46 heavy (non-hydrogen) atoms. The first-order valence-electron chi connectivity index (χ1n) is 15.3. The van der Waals surface area contributed by atoms with Crippen LogP contribution in [-0.2, 0) is 23.7 Å². The molecule has 2 aliphatic rings. The Kier molecular flexibility index (Phi) is 8.77.